The number of amides is 1. The van der Waals surface area contributed by atoms with Crippen LogP contribution < -0.4 is 10.6 Å². The Kier molecular flexibility index (Phi) is 4.08. The van der Waals surface area contributed by atoms with Crippen molar-refractivity contribution in [3.8, 4) is 0 Å². The fourth-order valence-electron chi connectivity index (χ4n) is 2.04. The maximum absolute atomic E-state index is 11.6. The molecule has 0 bridgehead atoms. The predicted molar refractivity (Wildman–Crippen MR) is 63.4 cm³/mol. The second-order valence-electron chi connectivity index (χ2n) is 4.43. The second-order valence-corrected chi connectivity index (χ2v) is 4.43. The van der Waals surface area contributed by atoms with E-state index in [-0.39, 0.29) is 5.91 Å². The van der Waals surface area contributed by atoms with Gasteiger partial charge in [-0.05, 0) is 19.4 Å². The molecule has 1 atom stereocenters. The first-order valence-electron chi connectivity index (χ1n) is 6.08. The highest BCUT2D eigenvalue weighted by Crippen LogP contribution is 2.07. The number of hydrogen-bond donors (Lipinski definition) is 2. The first-order valence-corrected chi connectivity index (χ1v) is 6.08. The highest BCUT2D eigenvalue weighted by atomic mass is 16.1. The van der Waals surface area contributed by atoms with Crippen LogP contribution in [0.4, 0.5) is 0 Å². The zero-order valence-electron chi connectivity index (χ0n) is 10.1. The van der Waals surface area contributed by atoms with Crippen molar-refractivity contribution in [1.29, 1.82) is 0 Å². The Morgan fingerprint density at radius 3 is 3.24 bits per heavy atom. The average Bonchev–Trinajstić information content (AvgIpc) is 2.90. The van der Waals surface area contributed by atoms with Crippen molar-refractivity contribution in [2.24, 2.45) is 7.05 Å². The van der Waals surface area contributed by atoms with Crippen molar-refractivity contribution in [2.75, 3.05) is 13.1 Å². The Morgan fingerprint density at radius 1 is 1.71 bits per heavy atom. The molecule has 2 heterocycles. The van der Waals surface area contributed by atoms with Crippen LogP contribution in [0.1, 0.15) is 25.1 Å². The van der Waals surface area contributed by atoms with Gasteiger partial charge in [0, 0.05) is 32.5 Å². The molecule has 1 aliphatic heterocycles. The lowest BCUT2D eigenvalue weighted by molar-refractivity contribution is -0.121. The molecule has 17 heavy (non-hydrogen) atoms. The molecule has 0 aliphatic carbocycles. The van der Waals surface area contributed by atoms with Gasteiger partial charge in [-0.2, -0.15) is 5.10 Å². The lowest BCUT2D eigenvalue weighted by atomic mass is 10.1. The van der Waals surface area contributed by atoms with Crippen LogP contribution in [0.25, 0.3) is 0 Å². The molecule has 6 nitrogen and oxygen atoms in total. The van der Waals surface area contributed by atoms with Gasteiger partial charge in [0.05, 0.1) is 0 Å². The highest BCUT2D eigenvalue weighted by molar-refractivity contribution is 5.76. The molecule has 1 unspecified atom stereocenters. The number of rotatable bonds is 5. The third-order valence-corrected chi connectivity index (χ3v) is 2.91. The molecule has 1 amide bonds. The average molecular weight is 237 g/mol. The zero-order chi connectivity index (χ0) is 12.1. The maximum atomic E-state index is 11.6. The molecule has 6 heteroatoms. The summed E-state index contributed by atoms with van der Waals surface area (Å²) >= 11 is 0. The summed E-state index contributed by atoms with van der Waals surface area (Å²) in [4.78, 5) is 15.7. The third kappa shape index (κ3) is 3.81. The van der Waals surface area contributed by atoms with E-state index in [4.69, 9.17) is 0 Å². The van der Waals surface area contributed by atoms with Gasteiger partial charge in [0.25, 0.3) is 0 Å². The van der Waals surface area contributed by atoms with Crippen LogP contribution in [0.15, 0.2) is 6.33 Å². The Balaban J connectivity index is 1.62. The van der Waals surface area contributed by atoms with Crippen molar-refractivity contribution in [1.82, 2.24) is 25.4 Å². The van der Waals surface area contributed by atoms with Crippen LogP contribution in [0.3, 0.4) is 0 Å². The van der Waals surface area contributed by atoms with E-state index in [1.807, 2.05) is 7.05 Å². The Hall–Kier alpha value is -1.43. The van der Waals surface area contributed by atoms with Crippen LogP contribution in [-0.2, 0) is 18.3 Å². The number of carbonyl (C=O) groups is 1. The van der Waals surface area contributed by atoms with Crippen LogP contribution >= 0.6 is 0 Å². The normalized spacial score (nSPS) is 19.5. The maximum Gasteiger partial charge on any atom is 0.221 e. The largest absolute Gasteiger partial charge is 0.356 e. The van der Waals surface area contributed by atoms with Gasteiger partial charge in [-0.3, -0.25) is 9.48 Å². The molecule has 1 aromatic rings. The molecule has 2 N–H and O–H groups in total. The molecule has 1 saturated heterocycles. The summed E-state index contributed by atoms with van der Waals surface area (Å²) in [7, 11) is 1.83. The van der Waals surface area contributed by atoms with Gasteiger partial charge in [-0.15, -0.1) is 0 Å². The number of aromatic nitrogens is 3. The monoisotopic (exact) mass is 237 g/mol. The van der Waals surface area contributed by atoms with Crippen LogP contribution in [0.2, 0.25) is 0 Å². The molecule has 1 aromatic heterocycles. The summed E-state index contributed by atoms with van der Waals surface area (Å²) in [5, 5.41) is 10.4. The minimum atomic E-state index is 0.111. The minimum absolute atomic E-state index is 0.111. The second kappa shape index (κ2) is 5.77. The smallest absolute Gasteiger partial charge is 0.221 e. The Bertz CT molecular complexity index is 370. The fourth-order valence-corrected chi connectivity index (χ4v) is 2.04. The number of nitrogens with zero attached hydrogens (tertiary/aromatic N) is 3. The van der Waals surface area contributed by atoms with Gasteiger partial charge in [-0.1, -0.05) is 0 Å². The van der Waals surface area contributed by atoms with E-state index >= 15 is 0 Å². The van der Waals surface area contributed by atoms with Gasteiger partial charge in [0.1, 0.15) is 6.33 Å². The minimum Gasteiger partial charge on any atom is -0.356 e. The van der Waals surface area contributed by atoms with Crippen LogP contribution in [0.5, 0.6) is 0 Å². The number of hydrogen-bond acceptors (Lipinski definition) is 4. The summed E-state index contributed by atoms with van der Waals surface area (Å²) in [5.74, 6) is 0.882. The van der Waals surface area contributed by atoms with Gasteiger partial charge in [0.2, 0.25) is 5.91 Å². The summed E-state index contributed by atoms with van der Waals surface area (Å²) in [6.07, 6.45) is 5.21. The predicted octanol–water partition coefficient (Wildman–Crippen LogP) is -0.384. The van der Waals surface area contributed by atoms with Crippen molar-refractivity contribution >= 4 is 5.91 Å². The van der Waals surface area contributed by atoms with E-state index in [1.165, 1.54) is 6.42 Å². The van der Waals surface area contributed by atoms with Crippen molar-refractivity contribution in [2.45, 2.75) is 31.7 Å². The van der Waals surface area contributed by atoms with Crippen molar-refractivity contribution < 1.29 is 4.79 Å². The van der Waals surface area contributed by atoms with Crippen molar-refractivity contribution in [3.63, 3.8) is 0 Å². The quantitative estimate of drug-likeness (QED) is 0.732. The first-order chi connectivity index (χ1) is 8.24. The van der Waals surface area contributed by atoms with Crippen molar-refractivity contribution in [3.05, 3.63) is 12.2 Å². The van der Waals surface area contributed by atoms with E-state index < -0.39 is 0 Å². The Labute approximate surface area is 101 Å². The van der Waals surface area contributed by atoms with E-state index in [0.717, 1.165) is 18.8 Å². The lowest BCUT2D eigenvalue weighted by Gasteiger charge is -2.09. The molecular weight excluding hydrogens is 218 g/mol. The van der Waals surface area contributed by atoms with E-state index in [2.05, 4.69) is 20.7 Å². The fraction of sp³-hybridized carbons (Fsp3) is 0.727. The molecule has 1 aliphatic rings. The van der Waals surface area contributed by atoms with Crippen LogP contribution in [0, 0.1) is 0 Å². The molecule has 0 saturated carbocycles. The molecule has 1 fully saturated rings. The van der Waals surface area contributed by atoms with E-state index in [0.29, 0.717) is 25.4 Å². The SMILES string of the molecule is Cn1cnc(CCNC(=O)CC2CCCN2)n1. The standard InChI is InChI=1S/C11H19N5O/c1-16-8-14-10(15-16)4-6-13-11(17)7-9-3-2-5-12-9/h8-9,12H,2-7H2,1H3,(H,13,17). The third-order valence-electron chi connectivity index (χ3n) is 2.91. The number of carbonyl (C=O) groups excluding carboxylic acids is 1. The Morgan fingerprint density at radius 2 is 2.59 bits per heavy atom. The highest BCUT2D eigenvalue weighted by Gasteiger charge is 2.17. The lowest BCUT2D eigenvalue weighted by Crippen LogP contribution is -2.32. The van der Waals surface area contributed by atoms with Gasteiger partial charge < -0.3 is 10.6 Å². The number of nitrogens with one attached hydrogen (secondary N) is 2. The first kappa shape index (κ1) is 12.0. The molecule has 94 valence electrons. The van der Waals surface area contributed by atoms with Gasteiger partial charge in [-0.25, -0.2) is 4.98 Å². The molecule has 2 rings (SSSR count). The summed E-state index contributed by atoms with van der Waals surface area (Å²) < 4.78 is 1.67. The topological polar surface area (TPSA) is 71.8 Å². The van der Waals surface area contributed by atoms with Crippen LogP contribution in [-0.4, -0.2) is 39.8 Å². The summed E-state index contributed by atoms with van der Waals surface area (Å²) in [6.45, 7) is 1.64. The van der Waals surface area contributed by atoms with Gasteiger partial charge >= 0.3 is 0 Å². The molecular formula is C11H19N5O. The zero-order valence-corrected chi connectivity index (χ0v) is 10.1. The number of aryl methyl sites for hydroxylation is 1. The molecule has 0 spiro atoms. The van der Waals surface area contributed by atoms with Gasteiger partial charge in [0.15, 0.2) is 5.82 Å². The van der Waals surface area contributed by atoms with E-state index in [9.17, 15) is 4.79 Å². The molecule has 0 radical (unpaired) electrons. The van der Waals surface area contributed by atoms with E-state index in [1.54, 1.807) is 11.0 Å². The summed E-state index contributed by atoms with van der Waals surface area (Å²) in [5.41, 5.74) is 0. The summed E-state index contributed by atoms with van der Waals surface area (Å²) in [6, 6.07) is 0.364. The molecule has 0 aromatic carbocycles.